The van der Waals surface area contributed by atoms with Gasteiger partial charge in [0.25, 0.3) is 0 Å². The first-order chi connectivity index (χ1) is 19.7. The van der Waals surface area contributed by atoms with Crippen LogP contribution in [-0.4, -0.2) is 3.21 Å². The van der Waals surface area contributed by atoms with Crippen molar-refractivity contribution in [2.45, 2.75) is 119 Å². The molecule has 0 nitrogen and oxygen atoms in total. The number of rotatable bonds is 1. The van der Waals surface area contributed by atoms with E-state index in [0.717, 1.165) is 6.42 Å². The maximum atomic E-state index is 3.65. The topological polar surface area (TPSA) is 0 Å². The van der Waals surface area contributed by atoms with Crippen LogP contribution in [0.3, 0.4) is 0 Å². The average Bonchev–Trinajstić information content (AvgIpc) is 3.57. The quantitative estimate of drug-likeness (QED) is 0.310. The molecule has 2 aromatic rings. The molecule has 3 heteroatoms. The molecule has 1 unspecified atom stereocenters. The van der Waals surface area contributed by atoms with Gasteiger partial charge in [0.05, 0.1) is 0 Å². The van der Waals surface area contributed by atoms with Gasteiger partial charge in [-0.05, 0) is 58.4 Å². The first-order valence-electron chi connectivity index (χ1n) is 16.2. The monoisotopic (exact) mass is 702 g/mol. The third kappa shape index (κ3) is 7.48. The molecule has 0 aromatic heterocycles. The molecule has 1 atom stereocenters. The average molecular weight is 705 g/mol. The molecular weight excluding hydrogens is 655 g/mol. The van der Waals surface area contributed by atoms with Crippen molar-refractivity contribution in [2.24, 2.45) is 11.8 Å². The molecule has 2 aromatic carbocycles. The Morgan fingerprint density at radius 1 is 0.773 bits per heavy atom. The molecule has 5 aliphatic rings. The molecule has 0 N–H and O–H groups in total. The second-order valence-corrected chi connectivity index (χ2v) is 16.4. The molecule has 5 aliphatic carbocycles. The first-order valence-corrected chi connectivity index (χ1v) is 17.5. The summed E-state index contributed by atoms with van der Waals surface area (Å²) in [5.41, 5.74) is 17.4. The van der Waals surface area contributed by atoms with Crippen molar-refractivity contribution < 1.29 is 49.0 Å². The molecule has 0 bridgehead atoms. The van der Waals surface area contributed by atoms with Crippen LogP contribution in [0.2, 0.25) is 0 Å². The van der Waals surface area contributed by atoms with Crippen LogP contribution in [0, 0.1) is 24.0 Å². The fraction of sp³-hybridized carbons (Fsp3) is 0.488. The van der Waals surface area contributed by atoms with Crippen LogP contribution in [0.4, 0.5) is 0 Å². The van der Waals surface area contributed by atoms with Crippen LogP contribution < -0.4 is 24.8 Å². The van der Waals surface area contributed by atoms with Crippen molar-refractivity contribution in [2.75, 3.05) is 0 Å². The first kappa shape index (κ1) is 37.2. The van der Waals surface area contributed by atoms with Crippen molar-refractivity contribution in [1.82, 2.24) is 0 Å². The van der Waals surface area contributed by atoms with Gasteiger partial charge >= 0.3 is 59.5 Å². The Morgan fingerprint density at radius 2 is 1.34 bits per heavy atom. The standard InChI is InChI=1S/C25H25.C10H15.C6H10.2ClH.Zr/c1-14-12-24(3,4)22-8-16-7-17-9-23-19(15(2)13-25(23,5)6)11-21(17)20(16)10-18(14)22;1-7(2)10-6-8(3)5-9(10)4;1-2-4-6-5-3-1;;;/h8-12H,7H2,1-6H3;6-8H,1-4H3;1-5H2;2*1H;/q2*-1;;;;+2/p-2. The van der Waals surface area contributed by atoms with Crippen LogP contribution >= 0.6 is 0 Å². The van der Waals surface area contributed by atoms with Crippen LogP contribution in [-0.2, 0) is 41.5 Å². The van der Waals surface area contributed by atoms with E-state index in [1.165, 1.54) is 98.9 Å². The Kier molecular flexibility index (Phi) is 12.0. The number of allylic oxidation sites excluding steroid dienone is 8. The van der Waals surface area contributed by atoms with Crippen molar-refractivity contribution in [3.8, 4) is 11.1 Å². The molecule has 0 aliphatic heterocycles. The third-order valence-corrected chi connectivity index (χ3v) is 11.0. The second-order valence-electron chi connectivity index (χ2n) is 14.7. The Morgan fingerprint density at radius 3 is 1.82 bits per heavy atom. The second kappa shape index (κ2) is 14.2. The fourth-order valence-corrected chi connectivity index (χ4v) is 8.61. The summed E-state index contributed by atoms with van der Waals surface area (Å²) in [6.07, 6.45) is 20.1. The third-order valence-electron chi connectivity index (χ3n) is 9.82. The summed E-state index contributed by atoms with van der Waals surface area (Å²) >= 11 is 1.69. The van der Waals surface area contributed by atoms with E-state index < -0.39 is 0 Å². The van der Waals surface area contributed by atoms with Gasteiger partial charge in [0.2, 0.25) is 0 Å². The Hall–Kier alpha value is -1.27. The van der Waals surface area contributed by atoms with E-state index >= 15 is 0 Å². The molecule has 44 heavy (non-hydrogen) atoms. The molecule has 0 amide bonds. The van der Waals surface area contributed by atoms with Gasteiger partial charge in [-0.25, -0.2) is 11.1 Å². The summed E-state index contributed by atoms with van der Waals surface area (Å²) in [5.74, 6) is 1.20. The van der Waals surface area contributed by atoms with Crippen molar-refractivity contribution in [1.29, 1.82) is 0 Å². The minimum absolute atomic E-state index is 0. The van der Waals surface area contributed by atoms with E-state index in [1.54, 1.807) is 27.4 Å². The molecule has 1 saturated carbocycles. The van der Waals surface area contributed by atoms with Crippen LogP contribution in [0.5, 0.6) is 0 Å². The number of hydrogen-bond acceptors (Lipinski definition) is 0. The molecule has 0 radical (unpaired) electrons. The van der Waals surface area contributed by atoms with Crippen molar-refractivity contribution in [3.05, 3.63) is 93.1 Å². The van der Waals surface area contributed by atoms with Crippen LogP contribution in [0.1, 0.15) is 135 Å². The SMILES string of the molecule is CC1=[C-]C(C)(C)c2cc3c(cc21)-c1cc2c(cc1C3)C(C)(C)C=C2C.CC1=[C-]C(C)C=C1C(C)C.[Cl-].[Cl-].[Zr+2]=[C]1CCCCC1. The summed E-state index contributed by atoms with van der Waals surface area (Å²) in [7, 11) is 0. The Labute approximate surface area is 296 Å². The molecule has 0 saturated heterocycles. The van der Waals surface area contributed by atoms with Gasteiger partial charge in [0.1, 0.15) is 0 Å². The van der Waals surface area contributed by atoms with Gasteiger partial charge in [-0.2, -0.15) is 17.2 Å². The van der Waals surface area contributed by atoms with Crippen molar-refractivity contribution in [3.63, 3.8) is 0 Å². The fourth-order valence-electron chi connectivity index (χ4n) is 7.74. The number of hydrogen-bond donors (Lipinski definition) is 0. The van der Waals surface area contributed by atoms with E-state index in [4.69, 9.17) is 0 Å². The summed E-state index contributed by atoms with van der Waals surface area (Å²) < 4.78 is 1.80. The van der Waals surface area contributed by atoms with Gasteiger partial charge in [0.15, 0.2) is 0 Å². The number of halogens is 2. The van der Waals surface area contributed by atoms with Crippen LogP contribution in [0.15, 0.2) is 47.6 Å². The zero-order valence-electron chi connectivity index (χ0n) is 28.6. The maximum absolute atomic E-state index is 3.65. The van der Waals surface area contributed by atoms with Crippen molar-refractivity contribution >= 4 is 14.4 Å². The Balaban J connectivity index is 0.000000231. The van der Waals surface area contributed by atoms with Gasteiger partial charge < -0.3 is 24.8 Å². The summed E-state index contributed by atoms with van der Waals surface area (Å²) in [6.45, 7) is 22.5. The van der Waals surface area contributed by atoms with Gasteiger partial charge in [-0.15, -0.1) is 11.6 Å². The van der Waals surface area contributed by atoms with Gasteiger partial charge in [-0.3, -0.25) is 12.2 Å². The number of fused-ring (bicyclic) bond motifs is 5. The van der Waals surface area contributed by atoms with E-state index in [9.17, 15) is 0 Å². The van der Waals surface area contributed by atoms with E-state index in [2.05, 4.69) is 118 Å². The van der Waals surface area contributed by atoms with E-state index in [-0.39, 0.29) is 35.6 Å². The predicted octanol–water partition coefficient (Wildman–Crippen LogP) is 5.10. The summed E-state index contributed by atoms with van der Waals surface area (Å²) in [5, 5.41) is 0. The van der Waals surface area contributed by atoms with E-state index in [1.807, 2.05) is 0 Å². The zero-order valence-corrected chi connectivity index (χ0v) is 32.6. The normalized spacial score (nSPS) is 21.0. The summed E-state index contributed by atoms with van der Waals surface area (Å²) in [4.78, 5) is 0. The zero-order chi connectivity index (χ0) is 30.6. The van der Waals surface area contributed by atoms with Crippen LogP contribution in [0.25, 0.3) is 22.3 Å². The van der Waals surface area contributed by atoms with Gasteiger partial charge in [0, 0.05) is 5.41 Å². The van der Waals surface area contributed by atoms with E-state index in [0.29, 0.717) is 11.8 Å². The molecule has 0 heterocycles. The summed E-state index contributed by atoms with van der Waals surface area (Å²) in [6, 6.07) is 9.81. The Bertz CT molecular complexity index is 1470. The minimum atomic E-state index is 0. The molecule has 7 rings (SSSR count). The number of benzene rings is 2. The molecule has 1 fully saturated rings. The predicted molar refractivity (Wildman–Crippen MR) is 179 cm³/mol. The molecule has 234 valence electrons. The molecule has 0 spiro atoms. The molecular formula is C41H50Cl2Zr-2. The van der Waals surface area contributed by atoms with Gasteiger partial charge in [-0.1, -0.05) is 97.8 Å².